The van der Waals surface area contributed by atoms with Gasteiger partial charge in [-0.15, -0.1) is 0 Å². The lowest BCUT2D eigenvalue weighted by molar-refractivity contribution is 0.0995. The van der Waals surface area contributed by atoms with Crippen molar-refractivity contribution < 1.29 is 4.79 Å². The predicted octanol–water partition coefficient (Wildman–Crippen LogP) is 1.12. The number of hydrogen-bond acceptors (Lipinski definition) is 4. The van der Waals surface area contributed by atoms with E-state index in [-0.39, 0.29) is 11.2 Å². The molecule has 0 unspecified atom stereocenters. The molecular weight excluding hydrogens is 204 g/mol. The van der Waals surface area contributed by atoms with E-state index in [1.54, 1.807) is 6.07 Å². The van der Waals surface area contributed by atoms with E-state index in [0.29, 0.717) is 11.5 Å². The van der Waals surface area contributed by atoms with Crippen LogP contribution in [0.15, 0.2) is 12.1 Å². The number of rotatable bonds is 3. The SMILES string of the molecule is CC1(Nc2nc(C(N)=O)ccc2N)CCC1. The highest BCUT2D eigenvalue weighted by molar-refractivity contribution is 5.91. The summed E-state index contributed by atoms with van der Waals surface area (Å²) in [5.74, 6) is 0.0142. The van der Waals surface area contributed by atoms with Crippen molar-refractivity contribution in [3.8, 4) is 0 Å². The Morgan fingerprint density at radius 2 is 2.19 bits per heavy atom. The molecule has 1 saturated carbocycles. The lowest BCUT2D eigenvalue weighted by Crippen LogP contribution is -2.42. The van der Waals surface area contributed by atoms with E-state index in [2.05, 4.69) is 17.2 Å². The first-order valence-electron chi connectivity index (χ1n) is 5.35. The van der Waals surface area contributed by atoms with Crippen LogP contribution in [0.5, 0.6) is 0 Å². The van der Waals surface area contributed by atoms with Crippen LogP contribution in [0.1, 0.15) is 36.7 Å². The Balaban J connectivity index is 2.25. The normalized spacial score (nSPS) is 17.6. The molecule has 1 aliphatic carbocycles. The second-order valence-electron chi connectivity index (χ2n) is 4.54. The molecule has 0 radical (unpaired) electrons. The number of nitrogen functional groups attached to an aromatic ring is 1. The van der Waals surface area contributed by atoms with Crippen molar-refractivity contribution in [2.24, 2.45) is 5.73 Å². The third kappa shape index (κ3) is 1.93. The maximum absolute atomic E-state index is 11.0. The van der Waals surface area contributed by atoms with E-state index in [9.17, 15) is 4.79 Å². The fourth-order valence-electron chi connectivity index (χ4n) is 1.83. The Bertz CT molecular complexity index is 426. The molecule has 5 N–H and O–H groups in total. The summed E-state index contributed by atoms with van der Waals surface area (Å²) in [6, 6.07) is 3.18. The highest BCUT2D eigenvalue weighted by Crippen LogP contribution is 2.35. The molecule has 1 fully saturated rings. The summed E-state index contributed by atoms with van der Waals surface area (Å²) < 4.78 is 0. The average molecular weight is 220 g/mol. The van der Waals surface area contributed by atoms with Gasteiger partial charge in [-0.2, -0.15) is 0 Å². The second-order valence-corrected chi connectivity index (χ2v) is 4.54. The van der Waals surface area contributed by atoms with Gasteiger partial charge in [-0.1, -0.05) is 0 Å². The molecule has 0 saturated heterocycles. The zero-order valence-corrected chi connectivity index (χ0v) is 9.29. The highest BCUT2D eigenvalue weighted by Gasteiger charge is 2.32. The Morgan fingerprint density at radius 3 is 2.69 bits per heavy atom. The maximum Gasteiger partial charge on any atom is 0.267 e. The van der Waals surface area contributed by atoms with E-state index in [4.69, 9.17) is 11.5 Å². The lowest BCUT2D eigenvalue weighted by atomic mass is 9.78. The van der Waals surface area contributed by atoms with Crippen molar-refractivity contribution in [2.75, 3.05) is 11.1 Å². The smallest absolute Gasteiger partial charge is 0.267 e. The summed E-state index contributed by atoms with van der Waals surface area (Å²) in [4.78, 5) is 15.1. The highest BCUT2D eigenvalue weighted by atomic mass is 16.1. The van der Waals surface area contributed by atoms with Gasteiger partial charge in [-0.05, 0) is 38.3 Å². The quantitative estimate of drug-likeness (QED) is 0.711. The Kier molecular flexibility index (Phi) is 2.46. The van der Waals surface area contributed by atoms with Gasteiger partial charge < -0.3 is 16.8 Å². The second kappa shape index (κ2) is 3.66. The van der Waals surface area contributed by atoms with E-state index in [1.165, 1.54) is 12.5 Å². The molecule has 1 heterocycles. The van der Waals surface area contributed by atoms with Crippen LogP contribution in [0.4, 0.5) is 11.5 Å². The van der Waals surface area contributed by atoms with Gasteiger partial charge in [0.05, 0.1) is 5.69 Å². The molecule has 0 aliphatic heterocycles. The first kappa shape index (κ1) is 10.7. The number of nitrogens with one attached hydrogen (secondary N) is 1. The van der Waals surface area contributed by atoms with Crippen LogP contribution in [0.2, 0.25) is 0 Å². The number of anilines is 2. The van der Waals surface area contributed by atoms with Gasteiger partial charge in [0.1, 0.15) is 5.69 Å². The Hall–Kier alpha value is -1.78. The van der Waals surface area contributed by atoms with Crippen LogP contribution >= 0.6 is 0 Å². The zero-order valence-electron chi connectivity index (χ0n) is 9.29. The number of amides is 1. The fraction of sp³-hybridized carbons (Fsp3) is 0.455. The number of nitrogens with zero attached hydrogens (tertiary/aromatic N) is 1. The number of carbonyl (C=O) groups is 1. The number of aromatic nitrogens is 1. The van der Waals surface area contributed by atoms with Crippen LogP contribution in [0.25, 0.3) is 0 Å². The maximum atomic E-state index is 11.0. The van der Waals surface area contributed by atoms with Crippen molar-refractivity contribution in [2.45, 2.75) is 31.7 Å². The third-order valence-electron chi connectivity index (χ3n) is 3.06. The summed E-state index contributed by atoms with van der Waals surface area (Å²) in [7, 11) is 0. The molecular formula is C11H16N4O. The molecule has 16 heavy (non-hydrogen) atoms. The van der Waals surface area contributed by atoms with Gasteiger partial charge in [-0.3, -0.25) is 4.79 Å². The molecule has 0 bridgehead atoms. The molecule has 5 heteroatoms. The van der Waals surface area contributed by atoms with Gasteiger partial charge in [0, 0.05) is 5.54 Å². The summed E-state index contributed by atoms with van der Waals surface area (Å²) in [6.07, 6.45) is 3.39. The fourth-order valence-corrected chi connectivity index (χ4v) is 1.83. The largest absolute Gasteiger partial charge is 0.396 e. The third-order valence-corrected chi connectivity index (χ3v) is 3.06. The lowest BCUT2D eigenvalue weighted by Gasteiger charge is -2.39. The van der Waals surface area contributed by atoms with Crippen molar-refractivity contribution in [1.29, 1.82) is 0 Å². The van der Waals surface area contributed by atoms with E-state index in [1.807, 2.05) is 0 Å². The van der Waals surface area contributed by atoms with E-state index >= 15 is 0 Å². The zero-order chi connectivity index (χ0) is 11.8. The number of hydrogen-bond donors (Lipinski definition) is 3. The van der Waals surface area contributed by atoms with Crippen LogP contribution in [0.3, 0.4) is 0 Å². The molecule has 2 rings (SSSR count). The van der Waals surface area contributed by atoms with Crippen LogP contribution in [0, 0.1) is 0 Å². The Morgan fingerprint density at radius 1 is 1.50 bits per heavy atom. The molecule has 5 nitrogen and oxygen atoms in total. The monoisotopic (exact) mass is 220 g/mol. The first-order chi connectivity index (χ1) is 7.50. The average Bonchev–Trinajstić information content (AvgIpc) is 2.18. The number of carbonyl (C=O) groups excluding carboxylic acids is 1. The van der Waals surface area contributed by atoms with Gasteiger partial charge >= 0.3 is 0 Å². The molecule has 86 valence electrons. The van der Waals surface area contributed by atoms with Crippen molar-refractivity contribution >= 4 is 17.4 Å². The summed E-state index contributed by atoms with van der Waals surface area (Å²) in [6.45, 7) is 2.12. The van der Waals surface area contributed by atoms with Crippen molar-refractivity contribution in [3.63, 3.8) is 0 Å². The minimum atomic E-state index is -0.540. The molecule has 0 atom stereocenters. The van der Waals surface area contributed by atoms with Crippen LogP contribution in [-0.2, 0) is 0 Å². The van der Waals surface area contributed by atoms with Gasteiger partial charge in [-0.25, -0.2) is 4.98 Å². The minimum absolute atomic E-state index is 0.0530. The van der Waals surface area contributed by atoms with Crippen molar-refractivity contribution in [1.82, 2.24) is 4.98 Å². The van der Waals surface area contributed by atoms with Gasteiger partial charge in [0.2, 0.25) is 0 Å². The predicted molar refractivity (Wildman–Crippen MR) is 63.0 cm³/mol. The molecule has 0 aromatic carbocycles. The van der Waals surface area contributed by atoms with E-state index < -0.39 is 5.91 Å². The van der Waals surface area contributed by atoms with Crippen molar-refractivity contribution in [3.05, 3.63) is 17.8 Å². The molecule has 1 aromatic heterocycles. The summed E-state index contributed by atoms with van der Waals surface area (Å²) in [5, 5.41) is 3.27. The molecule has 1 amide bonds. The number of primary amides is 1. The first-order valence-corrected chi connectivity index (χ1v) is 5.35. The standard InChI is InChI=1S/C11H16N4O/c1-11(5-2-6-11)15-10-7(12)3-4-8(14-10)9(13)16/h3-4H,2,5-6,12H2,1H3,(H2,13,16)(H,14,15). The summed E-state index contributed by atoms with van der Waals surface area (Å²) in [5.41, 5.74) is 11.8. The molecule has 1 aromatic rings. The number of nitrogens with two attached hydrogens (primary N) is 2. The molecule has 0 spiro atoms. The summed E-state index contributed by atoms with van der Waals surface area (Å²) >= 11 is 0. The minimum Gasteiger partial charge on any atom is -0.396 e. The topological polar surface area (TPSA) is 94.0 Å². The van der Waals surface area contributed by atoms with Gasteiger partial charge in [0.15, 0.2) is 5.82 Å². The number of pyridine rings is 1. The van der Waals surface area contributed by atoms with Gasteiger partial charge in [0.25, 0.3) is 5.91 Å². The molecule has 1 aliphatic rings. The van der Waals surface area contributed by atoms with E-state index in [0.717, 1.165) is 12.8 Å². The Labute approximate surface area is 94.2 Å². The van der Waals surface area contributed by atoms with Crippen LogP contribution in [-0.4, -0.2) is 16.4 Å². The van der Waals surface area contributed by atoms with Crippen LogP contribution < -0.4 is 16.8 Å².